The first-order chi connectivity index (χ1) is 13.0. The number of aliphatic hydroxyl groups excluding tert-OH is 1. The third-order valence-corrected chi connectivity index (χ3v) is 4.58. The second-order valence-corrected chi connectivity index (χ2v) is 6.55. The van der Waals surface area contributed by atoms with Gasteiger partial charge >= 0.3 is 0 Å². The summed E-state index contributed by atoms with van der Waals surface area (Å²) < 4.78 is 16.1. The van der Waals surface area contributed by atoms with Gasteiger partial charge in [-0.2, -0.15) is 5.10 Å². The average Bonchev–Trinajstić information content (AvgIpc) is 3.10. The summed E-state index contributed by atoms with van der Waals surface area (Å²) in [4.78, 5) is 12.8. The maximum absolute atomic E-state index is 13.1. The van der Waals surface area contributed by atoms with E-state index in [9.17, 15) is 14.3 Å². The zero-order valence-electron chi connectivity index (χ0n) is 14.7. The molecule has 0 spiro atoms. The fraction of sp³-hybridized carbons (Fsp3) is 0.143. The van der Waals surface area contributed by atoms with Gasteiger partial charge in [0.05, 0.1) is 18.3 Å². The molecule has 0 aliphatic heterocycles. The Morgan fingerprint density at radius 3 is 2.48 bits per heavy atom. The largest absolute Gasteiger partial charge is 0.387 e. The lowest BCUT2D eigenvalue weighted by Crippen LogP contribution is -2.24. The molecule has 5 nitrogen and oxygen atoms in total. The summed E-state index contributed by atoms with van der Waals surface area (Å²) in [6.07, 6.45) is 2.49. The molecule has 0 amide bonds. The quantitative estimate of drug-likeness (QED) is 0.605. The van der Waals surface area contributed by atoms with Crippen molar-refractivity contribution < 1.29 is 9.50 Å². The first-order valence-corrected chi connectivity index (χ1v) is 8.61. The van der Waals surface area contributed by atoms with Crippen molar-refractivity contribution in [3.05, 3.63) is 94.3 Å². The number of benzene rings is 2. The molecule has 0 radical (unpaired) electrons. The minimum Gasteiger partial charge on any atom is -0.387 e. The van der Waals surface area contributed by atoms with Gasteiger partial charge < -0.3 is 9.67 Å². The first kappa shape index (κ1) is 17.2. The number of aliphatic hydroxyl groups is 1. The van der Waals surface area contributed by atoms with Crippen LogP contribution in [-0.4, -0.2) is 19.3 Å². The lowest BCUT2D eigenvalue weighted by Gasteiger charge is -2.13. The van der Waals surface area contributed by atoms with E-state index in [1.807, 2.05) is 31.2 Å². The predicted molar refractivity (Wildman–Crippen MR) is 101 cm³/mol. The number of fused-ring (bicyclic) bond motifs is 1. The molecular formula is C21H18FN3O2. The number of hydrogen-bond acceptors (Lipinski definition) is 3. The summed E-state index contributed by atoms with van der Waals surface area (Å²) in [5.41, 5.74) is 3.33. The Hall–Kier alpha value is -3.25. The van der Waals surface area contributed by atoms with Gasteiger partial charge in [-0.15, -0.1) is 0 Å². The summed E-state index contributed by atoms with van der Waals surface area (Å²) in [5.74, 6) is -0.324. The van der Waals surface area contributed by atoms with Crippen LogP contribution in [0.3, 0.4) is 0 Å². The second kappa shape index (κ2) is 6.81. The molecule has 4 rings (SSSR count). The minimum absolute atomic E-state index is 0.148. The van der Waals surface area contributed by atoms with Crippen LogP contribution in [0, 0.1) is 12.7 Å². The van der Waals surface area contributed by atoms with Crippen LogP contribution in [-0.2, 0) is 6.54 Å². The summed E-state index contributed by atoms with van der Waals surface area (Å²) in [6, 6.07) is 15.2. The molecule has 0 saturated carbocycles. The number of aryl methyl sites for hydroxylation is 1. The maximum atomic E-state index is 13.1. The Kier molecular flexibility index (Phi) is 4.33. The van der Waals surface area contributed by atoms with Gasteiger partial charge in [0.1, 0.15) is 11.3 Å². The van der Waals surface area contributed by atoms with Crippen molar-refractivity contribution in [2.75, 3.05) is 0 Å². The number of aromatic nitrogens is 3. The van der Waals surface area contributed by atoms with Crippen molar-refractivity contribution in [3.63, 3.8) is 0 Å². The van der Waals surface area contributed by atoms with E-state index in [4.69, 9.17) is 0 Å². The van der Waals surface area contributed by atoms with Crippen LogP contribution in [0.2, 0.25) is 0 Å². The SMILES string of the molecule is Cc1ccc(C(O)Cn2ccn3nc(-c4ccc(F)cc4)cc3c2=O)cc1. The van der Waals surface area contributed by atoms with Crippen LogP contribution in [0.4, 0.5) is 4.39 Å². The van der Waals surface area contributed by atoms with Gasteiger partial charge in [0.2, 0.25) is 0 Å². The van der Waals surface area contributed by atoms with E-state index in [2.05, 4.69) is 5.10 Å². The molecule has 0 aliphatic rings. The molecule has 2 aromatic carbocycles. The molecule has 4 aromatic rings. The fourth-order valence-electron chi connectivity index (χ4n) is 3.01. The van der Waals surface area contributed by atoms with Crippen LogP contribution in [0.25, 0.3) is 16.8 Å². The van der Waals surface area contributed by atoms with E-state index >= 15 is 0 Å². The molecule has 1 N–H and O–H groups in total. The zero-order valence-corrected chi connectivity index (χ0v) is 14.7. The van der Waals surface area contributed by atoms with Crippen LogP contribution in [0.5, 0.6) is 0 Å². The van der Waals surface area contributed by atoms with Gasteiger partial charge in [-0.1, -0.05) is 29.8 Å². The van der Waals surface area contributed by atoms with E-state index in [1.54, 1.807) is 30.6 Å². The number of hydrogen-bond donors (Lipinski definition) is 1. The molecule has 136 valence electrons. The van der Waals surface area contributed by atoms with Crippen LogP contribution in [0.15, 0.2) is 71.8 Å². The van der Waals surface area contributed by atoms with Crippen molar-refractivity contribution in [2.45, 2.75) is 19.6 Å². The maximum Gasteiger partial charge on any atom is 0.276 e. The Balaban J connectivity index is 1.66. The van der Waals surface area contributed by atoms with Crippen LogP contribution >= 0.6 is 0 Å². The van der Waals surface area contributed by atoms with Gasteiger partial charge in [-0.25, -0.2) is 8.91 Å². The average molecular weight is 363 g/mol. The zero-order chi connectivity index (χ0) is 19.0. The lowest BCUT2D eigenvalue weighted by atomic mass is 10.1. The molecule has 0 aliphatic carbocycles. The van der Waals surface area contributed by atoms with E-state index in [0.717, 1.165) is 16.7 Å². The summed E-state index contributed by atoms with van der Waals surface area (Å²) in [7, 11) is 0. The standard InChI is InChI=1S/C21H18FN3O2/c1-14-2-4-16(5-3-14)20(26)13-24-10-11-25-19(21(24)27)12-18(23-25)15-6-8-17(22)9-7-15/h2-12,20,26H,13H2,1H3. The third kappa shape index (κ3) is 3.39. The van der Waals surface area contributed by atoms with E-state index in [-0.39, 0.29) is 17.9 Å². The van der Waals surface area contributed by atoms with Gasteiger partial charge in [0.25, 0.3) is 5.56 Å². The highest BCUT2D eigenvalue weighted by atomic mass is 19.1. The molecule has 0 fully saturated rings. The Labute approximate surface area is 154 Å². The van der Waals surface area contributed by atoms with E-state index in [1.165, 1.54) is 21.2 Å². The van der Waals surface area contributed by atoms with Crippen LogP contribution in [0.1, 0.15) is 17.2 Å². The molecule has 1 unspecified atom stereocenters. The molecule has 0 bridgehead atoms. The summed E-state index contributed by atoms with van der Waals surface area (Å²) in [6.45, 7) is 2.13. The van der Waals surface area contributed by atoms with Gasteiger partial charge in [-0.05, 0) is 42.8 Å². The second-order valence-electron chi connectivity index (χ2n) is 6.55. The lowest BCUT2D eigenvalue weighted by molar-refractivity contribution is 0.155. The number of rotatable bonds is 4. The fourth-order valence-corrected chi connectivity index (χ4v) is 3.01. The van der Waals surface area contributed by atoms with Crippen molar-refractivity contribution >= 4 is 5.52 Å². The minimum atomic E-state index is -0.787. The van der Waals surface area contributed by atoms with Gasteiger partial charge in [0, 0.05) is 18.0 Å². The highest BCUT2D eigenvalue weighted by Crippen LogP contribution is 2.19. The van der Waals surface area contributed by atoms with Crippen molar-refractivity contribution in [1.82, 2.24) is 14.2 Å². The highest BCUT2D eigenvalue weighted by Gasteiger charge is 2.13. The van der Waals surface area contributed by atoms with Crippen molar-refractivity contribution in [3.8, 4) is 11.3 Å². The molecule has 2 heterocycles. The highest BCUT2D eigenvalue weighted by molar-refractivity contribution is 5.65. The van der Waals surface area contributed by atoms with Gasteiger partial charge in [0.15, 0.2) is 0 Å². The number of nitrogens with zero attached hydrogens (tertiary/aromatic N) is 3. The predicted octanol–water partition coefficient (Wildman–Crippen LogP) is 3.34. The summed E-state index contributed by atoms with van der Waals surface area (Å²) >= 11 is 0. The Morgan fingerprint density at radius 1 is 1.07 bits per heavy atom. The molecule has 0 saturated heterocycles. The van der Waals surface area contributed by atoms with Crippen LogP contribution < -0.4 is 5.56 Å². The third-order valence-electron chi connectivity index (χ3n) is 4.58. The Morgan fingerprint density at radius 2 is 1.78 bits per heavy atom. The normalized spacial score (nSPS) is 12.4. The molecule has 6 heteroatoms. The molecule has 1 atom stereocenters. The first-order valence-electron chi connectivity index (χ1n) is 8.61. The van der Waals surface area contributed by atoms with E-state index < -0.39 is 6.10 Å². The molecule has 27 heavy (non-hydrogen) atoms. The smallest absolute Gasteiger partial charge is 0.276 e. The molecular weight excluding hydrogens is 345 g/mol. The van der Waals surface area contributed by atoms with Gasteiger partial charge in [-0.3, -0.25) is 4.79 Å². The topological polar surface area (TPSA) is 59.5 Å². The summed E-state index contributed by atoms with van der Waals surface area (Å²) in [5, 5.41) is 14.8. The number of halogens is 1. The van der Waals surface area contributed by atoms with Crippen molar-refractivity contribution in [2.24, 2.45) is 0 Å². The Bertz CT molecular complexity index is 1140. The van der Waals surface area contributed by atoms with Crippen molar-refractivity contribution in [1.29, 1.82) is 0 Å². The molecule has 2 aromatic heterocycles. The van der Waals surface area contributed by atoms with E-state index in [0.29, 0.717) is 11.2 Å². The monoisotopic (exact) mass is 363 g/mol.